The number of aliphatic imine (C=N–C) groups is 1. The summed E-state index contributed by atoms with van der Waals surface area (Å²) in [4.78, 5) is 4.69. The van der Waals surface area contributed by atoms with Gasteiger partial charge in [0.1, 0.15) is 0 Å². The van der Waals surface area contributed by atoms with Crippen molar-refractivity contribution in [3.05, 3.63) is 108 Å². The third-order valence-electron chi connectivity index (χ3n) is 5.01. The smallest absolute Gasteiger partial charge is 0.0927 e. The predicted octanol–water partition coefficient (Wildman–Crippen LogP) is 5.63. The van der Waals surface area contributed by atoms with Gasteiger partial charge in [0.2, 0.25) is 0 Å². The first-order valence-electron chi connectivity index (χ1n) is 9.39. The first kappa shape index (κ1) is 16.5. The average molecular weight is 361 g/mol. The number of aromatic amines is 1. The van der Waals surface area contributed by atoms with Crippen molar-refractivity contribution >= 4 is 11.3 Å². The number of hydrogen-bond donors (Lipinski definition) is 1. The Morgan fingerprint density at radius 2 is 1.29 bits per heavy atom. The summed E-state index contributed by atoms with van der Waals surface area (Å²) in [5, 5.41) is 7.60. The van der Waals surface area contributed by atoms with Crippen LogP contribution in [-0.4, -0.2) is 22.5 Å². The van der Waals surface area contributed by atoms with Crippen LogP contribution in [0.2, 0.25) is 0 Å². The normalized spacial score (nSPS) is 13.3. The van der Waals surface area contributed by atoms with Crippen LogP contribution in [0.15, 0.2) is 102 Å². The Bertz CT molecular complexity index is 1150. The van der Waals surface area contributed by atoms with Gasteiger partial charge >= 0.3 is 0 Å². The standard InChI is InChI=1S/C25H19N3/c1-3-7-19(8-4-1)23-15-22(17-26-23)18-11-13-21(14-12-18)25-16-24(27-28-25)20-9-5-2-6-10-20/h1-16H,17H2,(H,27,28). The number of aromatic nitrogens is 2. The molecule has 1 aliphatic rings. The number of rotatable bonds is 4. The lowest BCUT2D eigenvalue weighted by Crippen LogP contribution is -1.92. The first-order chi connectivity index (χ1) is 13.9. The first-order valence-corrected chi connectivity index (χ1v) is 9.39. The summed E-state index contributed by atoms with van der Waals surface area (Å²) in [6.07, 6.45) is 2.19. The van der Waals surface area contributed by atoms with Gasteiger partial charge in [-0.1, -0.05) is 84.9 Å². The maximum absolute atomic E-state index is 4.69. The Kier molecular flexibility index (Phi) is 4.19. The maximum Gasteiger partial charge on any atom is 0.0927 e. The summed E-state index contributed by atoms with van der Waals surface area (Å²) >= 11 is 0. The van der Waals surface area contributed by atoms with Crippen LogP contribution in [0.25, 0.3) is 28.1 Å². The zero-order valence-electron chi connectivity index (χ0n) is 15.3. The van der Waals surface area contributed by atoms with Crippen molar-refractivity contribution in [2.75, 3.05) is 6.54 Å². The van der Waals surface area contributed by atoms with Gasteiger partial charge in [0.05, 0.1) is 23.6 Å². The highest BCUT2D eigenvalue weighted by molar-refractivity contribution is 6.14. The summed E-state index contributed by atoms with van der Waals surface area (Å²) in [6.45, 7) is 0.728. The highest BCUT2D eigenvalue weighted by Gasteiger charge is 2.12. The zero-order valence-corrected chi connectivity index (χ0v) is 15.3. The molecule has 3 aromatic carbocycles. The number of benzene rings is 3. The second-order valence-electron chi connectivity index (χ2n) is 6.85. The minimum atomic E-state index is 0.728. The van der Waals surface area contributed by atoms with Gasteiger partial charge in [-0.2, -0.15) is 5.10 Å². The van der Waals surface area contributed by atoms with E-state index < -0.39 is 0 Å². The number of hydrogen-bond acceptors (Lipinski definition) is 2. The number of H-pyrrole nitrogens is 1. The number of nitrogens with zero attached hydrogens (tertiary/aromatic N) is 2. The molecule has 0 amide bonds. The minimum absolute atomic E-state index is 0.728. The summed E-state index contributed by atoms with van der Waals surface area (Å²) < 4.78 is 0. The van der Waals surface area contributed by atoms with Crippen molar-refractivity contribution in [2.24, 2.45) is 4.99 Å². The van der Waals surface area contributed by atoms with Gasteiger partial charge in [-0.05, 0) is 34.4 Å². The van der Waals surface area contributed by atoms with E-state index in [-0.39, 0.29) is 0 Å². The second-order valence-corrected chi connectivity index (χ2v) is 6.85. The van der Waals surface area contributed by atoms with Gasteiger partial charge < -0.3 is 0 Å². The Hall–Kier alpha value is -3.72. The van der Waals surface area contributed by atoms with Gasteiger partial charge in [-0.3, -0.25) is 10.1 Å². The van der Waals surface area contributed by atoms with Crippen LogP contribution in [0.3, 0.4) is 0 Å². The fraction of sp³-hybridized carbons (Fsp3) is 0.0400. The van der Waals surface area contributed by atoms with Gasteiger partial charge in [-0.25, -0.2) is 0 Å². The molecule has 0 radical (unpaired) electrons. The Morgan fingerprint density at radius 1 is 0.643 bits per heavy atom. The summed E-state index contributed by atoms with van der Waals surface area (Å²) in [5.74, 6) is 0. The van der Waals surface area contributed by atoms with Crippen LogP contribution in [0.4, 0.5) is 0 Å². The molecule has 0 atom stereocenters. The molecule has 0 spiro atoms. The Morgan fingerprint density at radius 3 is 2.00 bits per heavy atom. The number of allylic oxidation sites excluding steroid dienone is 1. The van der Waals surface area contributed by atoms with Gasteiger partial charge in [-0.15, -0.1) is 0 Å². The van der Waals surface area contributed by atoms with Crippen molar-refractivity contribution in [3.63, 3.8) is 0 Å². The molecule has 0 bridgehead atoms. The summed E-state index contributed by atoms with van der Waals surface area (Å²) in [6, 6.07) is 31.2. The minimum Gasteiger partial charge on any atom is -0.280 e. The fourth-order valence-corrected chi connectivity index (χ4v) is 3.48. The molecular weight excluding hydrogens is 342 g/mol. The van der Waals surface area contributed by atoms with Crippen molar-refractivity contribution in [3.8, 4) is 22.5 Å². The van der Waals surface area contributed by atoms with E-state index in [1.807, 2.05) is 36.4 Å². The molecule has 2 heterocycles. The molecule has 1 aliphatic heterocycles. The molecule has 0 fully saturated rings. The van der Waals surface area contributed by atoms with Crippen molar-refractivity contribution in [1.82, 2.24) is 10.2 Å². The molecular formula is C25H19N3. The summed E-state index contributed by atoms with van der Waals surface area (Å²) in [7, 11) is 0. The van der Waals surface area contributed by atoms with E-state index in [0.29, 0.717) is 0 Å². The van der Waals surface area contributed by atoms with E-state index in [1.54, 1.807) is 0 Å². The topological polar surface area (TPSA) is 41.0 Å². The molecule has 3 heteroatoms. The lowest BCUT2D eigenvalue weighted by atomic mass is 10.0. The quantitative estimate of drug-likeness (QED) is 0.503. The molecule has 3 nitrogen and oxygen atoms in total. The average Bonchev–Trinajstić information content (AvgIpc) is 3.46. The van der Waals surface area contributed by atoms with E-state index in [2.05, 4.69) is 75.9 Å². The second kappa shape index (κ2) is 7.12. The highest BCUT2D eigenvalue weighted by Crippen LogP contribution is 2.27. The Balaban J connectivity index is 1.37. The van der Waals surface area contributed by atoms with Crippen LogP contribution < -0.4 is 0 Å². The van der Waals surface area contributed by atoms with E-state index in [9.17, 15) is 0 Å². The molecule has 0 saturated heterocycles. The fourth-order valence-electron chi connectivity index (χ4n) is 3.48. The third kappa shape index (κ3) is 3.19. The molecule has 1 aromatic heterocycles. The Labute approximate surface area is 164 Å². The SMILES string of the molecule is C1=C(c2ccc(-c3cc(-c4ccccc4)n[nH]3)cc2)CN=C1c1ccccc1. The van der Waals surface area contributed by atoms with Gasteiger partial charge in [0, 0.05) is 5.56 Å². The highest BCUT2D eigenvalue weighted by atomic mass is 15.1. The van der Waals surface area contributed by atoms with Crippen LogP contribution in [0, 0.1) is 0 Å². The molecule has 134 valence electrons. The zero-order chi connectivity index (χ0) is 18.8. The van der Waals surface area contributed by atoms with Gasteiger partial charge in [0.25, 0.3) is 0 Å². The molecule has 0 unspecified atom stereocenters. The lowest BCUT2D eigenvalue weighted by Gasteiger charge is -2.03. The van der Waals surface area contributed by atoms with Crippen LogP contribution >= 0.6 is 0 Å². The maximum atomic E-state index is 4.69. The molecule has 28 heavy (non-hydrogen) atoms. The number of nitrogens with one attached hydrogen (secondary N) is 1. The monoisotopic (exact) mass is 361 g/mol. The molecule has 4 aromatic rings. The van der Waals surface area contributed by atoms with E-state index in [4.69, 9.17) is 0 Å². The van der Waals surface area contributed by atoms with Crippen LogP contribution in [-0.2, 0) is 0 Å². The van der Waals surface area contributed by atoms with E-state index >= 15 is 0 Å². The summed E-state index contributed by atoms with van der Waals surface area (Å²) in [5.41, 5.74) is 8.90. The van der Waals surface area contributed by atoms with Crippen molar-refractivity contribution in [1.29, 1.82) is 0 Å². The molecule has 0 saturated carbocycles. The molecule has 0 aliphatic carbocycles. The van der Waals surface area contributed by atoms with E-state index in [1.165, 1.54) is 16.7 Å². The van der Waals surface area contributed by atoms with Crippen molar-refractivity contribution < 1.29 is 0 Å². The largest absolute Gasteiger partial charge is 0.280 e. The molecule has 5 rings (SSSR count). The van der Waals surface area contributed by atoms with Crippen molar-refractivity contribution in [2.45, 2.75) is 0 Å². The third-order valence-corrected chi connectivity index (χ3v) is 5.01. The molecule has 1 N–H and O–H groups in total. The van der Waals surface area contributed by atoms with E-state index in [0.717, 1.165) is 34.8 Å². The van der Waals surface area contributed by atoms with Gasteiger partial charge in [0.15, 0.2) is 0 Å². The predicted molar refractivity (Wildman–Crippen MR) is 115 cm³/mol. The van der Waals surface area contributed by atoms with Crippen LogP contribution in [0.1, 0.15) is 11.1 Å². The van der Waals surface area contributed by atoms with Crippen LogP contribution in [0.5, 0.6) is 0 Å². The lowest BCUT2D eigenvalue weighted by molar-refractivity contribution is 1.10.